The Labute approximate surface area is 133 Å². The molecule has 0 unspecified atom stereocenters. The number of primary amides is 1. The van der Waals surface area contributed by atoms with Crippen LogP contribution < -0.4 is 11.1 Å². The number of hydrogen-bond acceptors (Lipinski definition) is 6. The van der Waals surface area contributed by atoms with Crippen LogP contribution in [-0.2, 0) is 4.79 Å². The topological polar surface area (TPSA) is 121 Å². The van der Waals surface area contributed by atoms with Gasteiger partial charge in [-0.05, 0) is 17.7 Å². The van der Waals surface area contributed by atoms with E-state index in [9.17, 15) is 4.79 Å². The van der Waals surface area contributed by atoms with Crippen molar-refractivity contribution in [3.63, 3.8) is 0 Å². The molecule has 0 aliphatic carbocycles. The number of aliphatic hydroxyl groups excluding tert-OH is 1. The minimum Gasteiger partial charge on any atom is -0.370 e. The van der Waals surface area contributed by atoms with Crippen molar-refractivity contribution in [1.29, 1.82) is 0 Å². The number of aliphatic hydroxyl groups is 2. The van der Waals surface area contributed by atoms with Crippen molar-refractivity contribution in [2.45, 2.75) is 12.7 Å². The first kappa shape index (κ1) is 16.6. The molecule has 120 valence electrons. The minimum atomic E-state index is -1.49. The molecule has 0 fully saturated rings. The first-order valence-corrected chi connectivity index (χ1v) is 7.03. The molecule has 2 aromatic rings. The van der Waals surface area contributed by atoms with Gasteiger partial charge < -0.3 is 21.3 Å². The predicted molar refractivity (Wildman–Crippen MR) is 87.0 cm³/mol. The highest BCUT2D eigenvalue weighted by molar-refractivity contribution is 5.74. The zero-order valence-corrected chi connectivity index (χ0v) is 12.4. The summed E-state index contributed by atoms with van der Waals surface area (Å²) in [6.07, 6.45) is 4.80. The second kappa shape index (κ2) is 8.02. The van der Waals surface area contributed by atoms with Gasteiger partial charge in [-0.25, -0.2) is 4.98 Å². The fourth-order valence-electron chi connectivity index (χ4n) is 1.90. The van der Waals surface area contributed by atoms with Crippen molar-refractivity contribution >= 4 is 17.8 Å². The molecule has 1 heterocycles. The summed E-state index contributed by atoms with van der Waals surface area (Å²) in [5, 5.41) is 20.7. The van der Waals surface area contributed by atoms with E-state index in [-0.39, 0.29) is 12.3 Å². The third kappa shape index (κ3) is 5.50. The van der Waals surface area contributed by atoms with E-state index in [0.717, 1.165) is 11.1 Å². The van der Waals surface area contributed by atoms with Gasteiger partial charge in [0.25, 0.3) is 0 Å². The van der Waals surface area contributed by atoms with Crippen molar-refractivity contribution in [2.24, 2.45) is 5.73 Å². The Morgan fingerprint density at radius 2 is 2.17 bits per heavy atom. The van der Waals surface area contributed by atoms with E-state index in [4.69, 9.17) is 15.9 Å². The van der Waals surface area contributed by atoms with Crippen LogP contribution in [0, 0.1) is 0 Å². The molecule has 0 atom stereocenters. The number of nitrogens with zero attached hydrogens (tertiary/aromatic N) is 2. The molecular weight excluding hydrogens is 296 g/mol. The monoisotopic (exact) mass is 314 g/mol. The van der Waals surface area contributed by atoms with Crippen molar-refractivity contribution in [3.05, 3.63) is 48.3 Å². The standard InChI is InChI=1S/C16H18N4O3/c17-14(21)6-7-19-15-10-18-9-13(20-15)12-3-1-2-11(8-12)4-5-16(22)23/h1-5,8-10,16,22-23H,6-7H2,(H2,17,21)(H,19,20)/b5-4+. The average molecular weight is 314 g/mol. The second-order valence-corrected chi connectivity index (χ2v) is 4.83. The van der Waals surface area contributed by atoms with Gasteiger partial charge in [0.05, 0.1) is 18.1 Å². The molecule has 1 aromatic carbocycles. The summed E-state index contributed by atoms with van der Waals surface area (Å²) in [4.78, 5) is 19.3. The Hall–Kier alpha value is -2.77. The molecule has 0 spiro atoms. The molecule has 23 heavy (non-hydrogen) atoms. The van der Waals surface area contributed by atoms with Crippen LogP contribution in [0.2, 0.25) is 0 Å². The summed E-state index contributed by atoms with van der Waals surface area (Å²) in [6.45, 7) is 0.393. The zero-order valence-electron chi connectivity index (χ0n) is 12.4. The van der Waals surface area contributed by atoms with Gasteiger partial charge in [0.15, 0.2) is 6.29 Å². The number of benzene rings is 1. The van der Waals surface area contributed by atoms with Crippen LogP contribution in [-0.4, -0.2) is 38.9 Å². The molecule has 0 aliphatic rings. The van der Waals surface area contributed by atoms with Crippen molar-refractivity contribution in [2.75, 3.05) is 11.9 Å². The Balaban J connectivity index is 2.15. The van der Waals surface area contributed by atoms with Crippen LogP contribution in [0.4, 0.5) is 5.82 Å². The van der Waals surface area contributed by atoms with E-state index < -0.39 is 6.29 Å². The number of carbonyl (C=O) groups is 1. The van der Waals surface area contributed by atoms with E-state index in [1.165, 1.54) is 6.08 Å². The maximum Gasteiger partial charge on any atom is 0.219 e. The molecule has 2 rings (SSSR count). The highest BCUT2D eigenvalue weighted by atomic mass is 16.5. The van der Waals surface area contributed by atoms with Gasteiger partial charge in [-0.15, -0.1) is 0 Å². The molecule has 5 N–H and O–H groups in total. The molecular formula is C16H18N4O3. The molecule has 0 bridgehead atoms. The molecule has 0 aliphatic heterocycles. The highest BCUT2D eigenvalue weighted by Crippen LogP contribution is 2.19. The minimum absolute atomic E-state index is 0.218. The van der Waals surface area contributed by atoms with Gasteiger partial charge in [-0.3, -0.25) is 9.78 Å². The molecule has 7 heteroatoms. The molecule has 0 saturated heterocycles. The normalized spacial score (nSPS) is 11.1. The van der Waals surface area contributed by atoms with Crippen LogP contribution in [0.5, 0.6) is 0 Å². The predicted octanol–water partition coefficient (Wildman–Crippen LogP) is 0.755. The van der Waals surface area contributed by atoms with E-state index >= 15 is 0 Å². The van der Waals surface area contributed by atoms with Crippen molar-refractivity contribution in [3.8, 4) is 11.3 Å². The van der Waals surface area contributed by atoms with Crippen LogP contribution in [0.25, 0.3) is 17.3 Å². The fourth-order valence-corrected chi connectivity index (χ4v) is 1.90. The Kier molecular flexibility index (Phi) is 5.79. The summed E-state index contributed by atoms with van der Waals surface area (Å²) in [5.74, 6) is 0.169. The Morgan fingerprint density at radius 1 is 1.35 bits per heavy atom. The number of rotatable bonds is 7. The van der Waals surface area contributed by atoms with Crippen LogP contribution in [0.15, 0.2) is 42.7 Å². The van der Waals surface area contributed by atoms with Crippen molar-refractivity contribution < 1.29 is 15.0 Å². The molecule has 0 saturated carbocycles. The van der Waals surface area contributed by atoms with Crippen molar-refractivity contribution in [1.82, 2.24) is 9.97 Å². The molecule has 7 nitrogen and oxygen atoms in total. The smallest absolute Gasteiger partial charge is 0.219 e. The molecule has 1 aromatic heterocycles. The molecule has 0 radical (unpaired) electrons. The summed E-state index contributed by atoms with van der Waals surface area (Å²) in [5.41, 5.74) is 7.40. The number of amides is 1. The Morgan fingerprint density at radius 3 is 2.91 bits per heavy atom. The number of hydrogen-bond donors (Lipinski definition) is 4. The third-order valence-corrected chi connectivity index (χ3v) is 2.96. The highest BCUT2D eigenvalue weighted by Gasteiger charge is 2.03. The van der Waals surface area contributed by atoms with Crippen LogP contribution in [0.3, 0.4) is 0 Å². The maximum absolute atomic E-state index is 10.7. The third-order valence-electron chi connectivity index (χ3n) is 2.96. The zero-order chi connectivity index (χ0) is 16.7. The van der Waals surface area contributed by atoms with Gasteiger partial charge in [-0.2, -0.15) is 0 Å². The number of anilines is 1. The fraction of sp³-hybridized carbons (Fsp3) is 0.188. The summed E-state index contributed by atoms with van der Waals surface area (Å²) < 4.78 is 0. The number of nitrogens with one attached hydrogen (secondary N) is 1. The van der Waals surface area contributed by atoms with Gasteiger partial charge in [-0.1, -0.05) is 24.3 Å². The summed E-state index contributed by atoms with van der Waals surface area (Å²) in [6, 6.07) is 7.42. The number of nitrogens with two attached hydrogens (primary N) is 1. The largest absolute Gasteiger partial charge is 0.370 e. The van der Waals surface area contributed by atoms with E-state index in [2.05, 4.69) is 15.3 Å². The van der Waals surface area contributed by atoms with Gasteiger partial charge >= 0.3 is 0 Å². The van der Waals surface area contributed by atoms with Gasteiger partial charge in [0.1, 0.15) is 5.82 Å². The Bertz CT molecular complexity index is 701. The lowest BCUT2D eigenvalue weighted by molar-refractivity contribution is -0.117. The van der Waals surface area contributed by atoms with Gasteiger partial charge in [0, 0.05) is 18.5 Å². The van der Waals surface area contributed by atoms with Crippen LogP contribution in [0.1, 0.15) is 12.0 Å². The second-order valence-electron chi connectivity index (χ2n) is 4.83. The van der Waals surface area contributed by atoms with E-state index in [0.29, 0.717) is 18.1 Å². The van der Waals surface area contributed by atoms with Crippen LogP contribution >= 0.6 is 0 Å². The lowest BCUT2D eigenvalue weighted by atomic mass is 10.1. The first-order valence-electron chi connectivity index (χ1n) is 7.03. The quantitative estimate of drug-likeness (QED) is 0.560. The van der Waals surface area contributed by atoms with Gasteiger partial charge in [0.2, 0.25) is 5.91 Å². The number of aromatic nitrogens is 2. The van der Waals surface area contributed by atoms with E-state index in [1.54, 1.807) is 18.5 Å². The molecule has 1 amide bonds. The first-order chi connectivity index (χ1) is 11.0. The summed E-state index contributed by atoms with van der Waals surface area (Å²) in [7, 11) is 0. The SMILES string of the molecule is NC(=O)CCNc1cncc(-c2cccc(/C=C/C(O)O)c2)n1. The lowest BCUT2D eigenvalue weighted by Crippen LogP contribution is -2.16. The number of carbonyl (C=O) groups excluding carboxylic acids is 1. The van der Waals surface area contributed by atoms with E-state index in [1.807, 2.05) is 24.3 Å². The maximum atomic E-state index is 10.7. The average Bonchev–Trinajstić information content (AvgIpc) is 2.53. The summed E-state index contributed by atoms with van der Waals surface area (Å²) >= 11 is 0. The lowest BCUT2D eigenvalue weighted by Gasteiger charge is -2.07.